The van der Waals surface area contributed by atoms with Crippen molar-refractivity contribution in [3.05, 3.63) is 15.5 Å². The second-order valence-electron chi connectivity index (χ2n) is 31.1. The molecule has 1 radical (unpaired) electrons. The van der Waals surface area contributed by atoms with Crippen LogP contribution in [-0.2, 0) is 17.4 Å². The van der Waals surface area contributed by atoms with Gasteiger partial charge in [-0.05, 0) is 0 Å². The summed E-state index contributed by atoms with van der Waals surface area (Å²) in [5.41, 5.74) is 15.0. The van der Waals surface area contributed by atoms with E-state index in [-0.39, 0.29) is 17.4 Å². The first-order valence-corrected chi connectivity index (χ1v) is 45.2. The van der Waals surface area contributed by atoms with Crippen molar-refractivity contribution >= 4 is 48.4 Å². The van der Waals surface area contributed by atoms with Gasteiger partial charge in [-0.1, -0.05) is 439 Å². The van der Waals surface area contributed by atoms with Gasteiger partial charge in [-0.2, -0.15) is 17.8 Å². The van der Waals surface area contributed by atoms with Crippen molar-refractivity contribution in [3.63, 3.8) is 0 Å². The molecule has 0 aliphatic carbocycles. The zero-order valence-electron chi connectivity index (χ0n) is 59.0. The first-order valence-electron chi connectivity index (χ1n) is 31.8. The van der Waals surface area contributed by atoms with Crippen molar-refractivity contribution in [3.8, 4) is 0 Å². The van der Waals surface area contributed by atoms with E-state index in [1.165, 1.54) is 0 Å². The summed E-state index contributed by atoms with van der Waals surface area (Å²) in [6.45, 7) is 107. The zero-order valence-corrected chi connectivity index (χ0v) is 66.3. The van der Waals surface area contributed by atoms with E-state index in [1.807, 2.05) is 0 Å². The Hall–Kier alpha value is 1.83. The number of hydrogen-bond acceptors (Lipinski definition) is 0. The molecule has 0 heterocycles. The molecule has 441 valence electrons. The minimum Gasteiger partial charge on any atom is -0.307 e. The van der Waals surface area contributed by atoms with E-state index < -0.39 is 48.4 Å². The second-order valence-corrected chi connectivity index (χ2v) is 67.8. The van der Waals surface area contributed by atoms with E-state index >= 15 is 0 Å². The van der Waals surface area contributed by atoms with E-state index in [2.05, 4.69) is 306 Å². The van der Waals surface area contributed by atoms with Crippen molar-refractivity contribution in [2.75, 3.05) is 0 Å². The average Bonchev–Trinajstić information content (AvgIpc) is 3.15. The maximum atomic E-state index is 2.55. The van der Waals surface area contributed by atoms with Gasteiger partial charge in [0.2, 0.25) is 0 Å². The van der Waals surface area contributed by atoms with Crippen molar-refractivity contribution < 1.29 is 17.4 Å². The molecule has 0 atom stereocenters. The summed E-state index contributed by atoms with van der Waals surface area (Å²) in [5.74, 6) is 2.22. The molecule has 0 fully saturated rings. The molecule has 0 unspecified atom stereocenters. The molecule has 73 heavy (non-hydrogen) atoms. The molecule has 0 spiro atoms. The molecule has 0 aromatic heterocycles. The summed E-state index contributed by atoms with van der Waals surface area (Å²) in [6.07, 6.45) is 0. The Labute approximate surface area is 486 Å². The zero-order chi connectivity index (χ0) is 58.9. The van der Waals surface area contributed by atoms with E-state index in [4.69, 9.17) is 0 Å². The first-order chi connectivity index (χ1) is 32.2. The van der Waals surface area contributed by atoms with Crippen LogP contribution in [-0.4, -0.2) is 48.4 Å². The first kappa shape index (κ1) is 81.3. The fourth-order valence-electron chi connectivity index (χ4n) is 21.7. The van der Waals surface area contributed by atoms with E-state index in [0.717, 1.165) is 117 Å². The molecular weight excluding hydrogens is 1010 g/mol. The monoisotopic (exact) mass is 1160 g/mol. The van der Waals surface area contributed by atoms with Crippen LogP contribution in [0.5, 0.6) is 0 Å². The summed E-state index contributed by atoms with van der Waals surface area (Å²) < 4.78 is 0. The predicted molar refractivity (Wildman–Crippen MR) is 361 cm³/mol. The quantitative estimate of drug-likeness (QED) is 0.0568. The molecule has 7 heteroatoms. The molecule has 0 rings (SSSR count). The van der Waals surface area contributed by atoms with Gasteiger partial charge in [0.1, 0.15) is 0 Å². The molecule has 0 aliphatic heterocycles. The molecule has 0 aromatic rings. The van der Waals surface area contributed by atoms with E-state index in [1.54, 1.807) is 0 Å². The fraction of sp³-hybridized carbons (Fsp3) is 0.955. The number of rotatable bonds is 27. The van der Waals surface area contributed by atoms with Crippen LogP contribution in [0.4, 0.5) is 0 Å². The van der Waals surface area contributed by atoms with E-state index in [0.29, 0.717) is 0 Å². The Bertz CT molecular complexity index is 1040. The third-order valence-corrected chi connectivity index (χ3v) is 73.0. The predicted octanol–water partition coefficient (Wildman–Crippen LogP) is 26.0. The molecule has 0 saturated carbocycles. The van der Waals surface area contributed by atoms with Gasteiger partial charge in [0.15, 0.2) is 0 Å². The van der Waals surface area contributed by atoms with Crippen LogP contribution in [0.25, 0.3) is 0 Å². The standard InChI is InChI=1S/3C22H49Si2.Cr/c3*1-15(2)22(23(16(3)4,17(5)6)18(7)8)24(19(9)10,20(11)12)21(13)14;/h3*15-21H,1-14H3;/q3*-1;+3. The van der Waals surface area contributed by atoms with Crippen LogP contribution < -0.4 is 0 Å². The summed E-state index contributed by atoms with van der Waals surface area (Å²) in [4.78, 5) is 0. The van der Waals surface area contributed by atoms with Crippen LogP contribution in [0.15, 0.2) is 0 Å². The van der Waals surface area contributed by atoms with Crippen molar-refractivity contribution in [1.82, 2.24) is 0 Å². The van der Waals surface area contributed by atoms with Crippen LogP contribution in [0, 0.1) is 33.2 Å². The second kappa shape index (κ2) is 32.5. The fourth-order valence-corrected chi connectivity index (χ4v) is 87.5. The van der Waals surface area contributed by atoms with Crippen LogP contribution in [0.2, 0.25) is 99.7 Å². The van der Waals surface area contributed by atoms with Crippen LogP contribution >= 0.6 is 0 Å². The molecule has 0 N–H and O–H groups in total. The van der Waals surface area contributed by atoms with Gasteiger partial charge < -0.3 is 15.5 Å². The third-order valence-electron chi connectivity index (χ3n) is 21.7. The smallest absolute Gasteiger partial charge is 0.307 e. The van der Waals surface area contributed by atoms with E-state index in [9.17, 15) is 0 Å². The van der Waals surface area contributed by atoms with Gasteiger partial charge in [0.25, 0.3) is 0 Å². The maximum absolute atomic E-state index is 2.55. The largest absolute Gasteiger partial charge is 3.00 e. The van der Waals surface area contributed by atoms with Gasteiger partial charge in [-0.3, -0.25) is 0 Å². The van der Waals surface area contributed by atoms with Crippen LogP contribution in [0.1, 0.15) is 291 Å². The molecule has 0 aromatic carbocycles. The minimum atomic E-state index is -1.57. The Kier molecular flexibility index (Phi) is 36.2. The molecule has 0 saturated heterocycles. The minimum absolute atomic E-state index is 0. The maximum Gasteiger partial charge on any atom is 3.00 e. The normalized spacial score (nSPS) is 14.5. The summed E-state index contributed by atoms with van der Waals surface area (Å²) >= 11 is 0. The molecule has 0 bridgehead atoms. The van der Waals surface area contributed by atoms with Gasteiger partial charge in [-0.15, -0.1) is 0 Å². The van der Waals surface area contributed by atoms with Crippen molar-refractivity contribution in [2.45, 2.75) is 391 Å². The van der Waals surface area contributed by atoms with Crippen molar-refractivity contribution in [2.24, 2.45) is 17.8 Å². The Morgan fingerprint density at radius 3 is 0.219 bits per heavy atom. The molecular formula is C66H147CrSi6. The van der Waals surface area contributed by atoms with Crippen molar-refractivity contribution in [1.29, 1.82) is 0 Å². The number of hydrogen-bond donors (Lipinski definition) is 0. The third kappa shape index (κ3) is 15.3. The van der Waals surface area contributed by atoms with Gasteiger partial charge in [-0.25, -0.2) is 0 Å². The summed E-state index contributed by atoms with van der Waals surface area (Å²) in [5, 5.41) is 6.40. The molecule has 0 nitrogen and oxygen atoms in total. The summed E-state index contributed by atoms with van der Waals surface area (Å²) in [7, 11) is -9.39. The molecule has 0 amide bonds. The Morgan fingerprint density at radius 2 is 0.192 bits per heavy atom. The Morgan fingerprint density at radius 1 is 0.137 bits per heavy atom. The molecule has 0 aliphatic rings. The average molecular weight is 1160 g/mol. The van der Waals surface area contributed by atoms with Gasteiger partial charge >= 0.3 is 17.4 Å². The van der Waals surface area contributed by atoms with Gasteiger partial charge in [0, 0.05) is 0 Å². The van der Waals surface area contributed by atoms with Gasteiger partial charge in [0.05, 0.1) is 0 Å². The SMILES string of the molecule is CC(C)[C-]([Si](C(C)C)(C(C)C)C(C)C)[Si](C(C)C)(C(C)C)C(C)C.CC(C)[C-]([Si](C(C)C)(C(C)C)C(C)C)[Si](C(C)C)(C(C)C)C(C)C.CC(C)[C-]([Si](C(C)C)(C(C)C)C(C)C)[Si](C(C)C)(C(C)C)C(C)C.[Cr+3]. The summed E-state index contributed by atoms with van der Waals surface area (Å²) in [6, 6.07) is 0. The topological polar surface area (TPSA) is 0 Å². The Balaban J connectivity index is -0.000000486. The van der Waals surface area contributed by atoms with Crippen LogP contribution in [0.3, 0.4) is 0 Å².